The Bertz CT molecular complexity index is 136. The smallest absolute Gasteiger partial charge is 0.0349 e. The average Bonchev–Trinajstić information content (AvgIpc) is 2.56. The second-order valence-corrected chi connectivity index (χ2v) is 3.97. The van der Waals surface area contributed by atoms with E-state index >= 15 is 0 Å². The first-order chi connectivity index (χ1) is 5.11. The summed E-state index contributed by atoms with van der Waals surface area (Å²) in [5.41, 5.74) is 11.8. The van der Waals surface area contributed by atoms with Crippen molar-refractivity contribution in [3.05, 3.63) is 0 Å². The van der Waals surface area contributed by atoms with Crippen molar-refractivity contribution in [2.75, 3.05) is 0 Å². The van der Waals surface area contributed by atoms with Crippen LogP contribution in [0.3, 0.4) is 0 Å². The van der Waals surface area contributed by atoms with Crippen LogP contribution < -0.4 is 11.5 Å². The highest BCUT2D eigenvalue weighted by molar-refractivity contribution is 5.14. The van der Waals surface area contributed by atoms with E-state index in [2.05, 4.69) is 13.8 Å². The minimum absolute atomic E-state index is 0.00479. The SMILES string of the molecule is CCCCC(C)C1(N)CC1N. The second-order valence-electron chi connectivity index (χ2n) is 3.97. The number of unbranched alkanes of at least 4 members (excludes halogenated alkanes) is 1. The summed E-state index contributed by atoms with van der Waals surface area (Å²) in [6.07, 6.45) is 4.81. The fourth-order valence-corrected chi connectivity index (χ4v) is 1.67. The molecule has 1 saturated carbocycles. The van der Waals surface area contributed by atoms with Crippen LogP contribution in [0.5, 0.6) is 0 Å². The van der Waals surface area contributed by atoms with Gasteiger partial charge in [-0.1, -0.05) is 26.7 Å². The molecule has 11 heavy (non-hydrogen) atoms. The molecule has 2 nitrogen and oxygen atoms in total. The largest absolute Gasteiger partial charge is 0.326 e. The van der Waals surface area contributed by atoms with E-state index in [4.69, 9.17) is 11.5 Å². The van der Waals surface area contributed by atoms with Crippen molar-refractivity contribution in [3.8, 4) is 0 Å². The third-order valence-electron chi connectivity index (χ3n) is 3.01. The number of hydrogen-bond acceptors (Lipinski definition) is 2. The van der Waals surface area contributed by atoms with Crippen LogP contribution >= 0.6 is 0 Å². The topological polar surface area (TPSA) is 52.0 Å². The van der Waals surface area contributed by atoms with Gasteiger partial charge in [0, 0.05) is 11.6 Å². The van der Waals surface area contributed by atoms with Crippen LogP contribution in [-0.2, 0) is 0 Å². The highest BCUT2D eigenvalue weighted by Crippen LogP contribution is 2.40. The van der Waals surface area contributed by atoms with Crippen molar-refractivity contribution in [1.82, 2.24) is 0 Å². The number of rotatable bonds is 4. The first-order valence-electron chi connectivity index (χ1n) is 4.65. The molecule has 0 aliphatic heterocycles. The van der Waals surface area contributed by atoms with E-state index in [9.17, 15) is 0 Å². The van der Waals surface area contributed by atoms with E-state index in [1.807, 2.05) is 0 Å². The molecule has 66 valence electrons. The minimum Gasteiger partial charge on any atom is -0.326 e. The predicted octanol–water partition coefficient (Wildman–Crippen LogP) is 1.24. The third kappa shape index (κ3) is 1.74. The lowest BCUT2D eigenvalue weighted by molar-refractivity contribution is 0.388. The number of hydrogen-bond donors (Lipinski definition) is 2. The van der Waals surface area contributed by atoms with Crippen molar-refractivity contribution in [2.24, 2.45) is 17.4 Å². The first kappa shape index (κ1) is 9.01. The molecule has 0 aromatic heterocycles. The molecule has 0 radical (unpaired) electrons. The molecular formula is C9H20N2. The van der Waals surface area contributed by atoms with Gasteiger partial charge in [-0.15, -0.1) is 0 Å². The highest BCUT2D eigenvalue weighted by Gasteiger charge is 2.51. The molecule has 0 aromatic carbocycles. The molecule has 2 heteroatoms. The van der Waals surface area contributed by atoms with Crippen LogP contribution in [0, 0.1) is 5.92 Å². The van der Waals surface area contributed by atoms with E-state index in [1.165, 1.54) is 19.3 Å². The van der Waals surface area contributed by atoms with Crippen molar-refractivity contribution in [2.45, 2.75) is 51.1 Å². The molecule has 1 aliphatic carbocycles. The van der Waals surface area contributed by atoms with Gasteiger partial charge in [-0.25, -0.2) is 0 Å². The zero-order valence-corrected chi connectivity index (χ0v) is 7.64. The van der Waals surface area contributed by atoms with Crippen LogP contribution in [0.2, 0.25) is 0 Å². The minimum atomic E-state index is -0.00479. The molecule has 0 spiro atoms. The normalized spacial score (nSPS) is 38.7. The fraction of sp³-hybridized carbons (Fsp3) is 1.00. The summed E-state index contributed by atoms with van der Waals surface area (Å²) in [7, 11) is 0. The predicted molar refractivity (Wildman–Crippen MR) is 48.2 cm³/mol. The van der Waals surface area contributed by atoms with Gasteiger partial charge in [-0.3, -0.25) is 0 Å². The van der Waals surface area contributed by atoms with Gasteiger partial charge in [0.25, 0.3) is 0 Å². The molecule has 0 heterocycles. The van der Waals surface area contributed by atoms with Gasteiger partial charge in [0.05, 0.1) is 0 Å². The Hall–Kier alpha value is -0.0800. The Morgan fingerprint density at radius 2 is 2.18 bits per heavy atom. The second kappa shape index (κ2) is 3.11. The Kier molecular flexibility index (Phi) is 2.55. The highest BCUT2D eigenvalue weighted by atomic mass is 15.0. The quantitative estimate of drug-likeness (QED) is 0.643. The summed E-state index contributed by atoms with van der Waals surface area (Å²) >= 11 is 0. The third-order valence-corrected chi connectivity index (χ3v) is 3.01. The summed E-state index contributed by atoms with van der Waals surface area (Å²) in [4.78, 5) is 0. The van der Waals surface area contributed by atoms with E-state index in [-0.39, 0.29) is 11.6 Å². The van der Waals surface area contributed by atoms with E-state index in [1.54, 1.807) is 0 Å². The van der Waals surface area contributed by atoms with E-state index < -0.39 is 0 Å². The van der Waals surface area contributed by atoms with Crippen LogP contribution in [0.25, 0.3) is 0 Å². The van der Waals surface area contributed by atoms with Crippen LogP contribution in [0.4, 0.5) is 0 Å². The van der Waals surface area contributed by atoms with Crippen LogP contribution in [0.15, 0.2) is 0 Å². The Morgan fingerprint density at radius 3 is 2.55 bits per heavy atom. The molecule has 0 aromatic rings. The van der Waals surface area contributed by atoms with Gasteiger partial charge in [-0.2, -0.15) is 0 Å². The molecule has 4 N–H and O–H groups in total. The number of nitrogens with two attached hydrogens (primary N) is 2. The van der Waals surface area contributed by atoms with Crippen molar-refractivity contribution >= 4 is 0 Å². The van der Waals surface area contributed by atoms with Gasteiger partial charge in [-0.05, 0) is 18.8 Å². The zero-order chi connectivity index (χ0) is 8.48. The fourth-order valence-electron chi connectivity index (χ4n) is 1.67. The monoisotopic (exact) mass is 156 g/mol. The van der Waals surface area contributed by atoms with Crippen molar-refractivity contribution < 1.29 is 0 Å². The van der Waals surface area contributed by atoms with Gasteiger partial charge < -0.3 is 11.5 Å². The summed E-state index contributed by atoms with van der Waals surface area (Å²) in [6.45, 7) is 4.44. The Morgan fingerprint density at radius 1 is 1.64 bits per heavy atom. The average molecular weight is 156 g/mol. The van der Waals surface area contributed by atoms with Crippen molar-refractivity contribution in [3.63, 3.8) is 0 Å². The summed E-state index contributed by atoms with van der Waals surface area (Å²) < 4.78 is 0. The maximum absolute atomic E-state index is 6.05. The Labute approximate surface area is 69.3 Å². The first-order valence-corrected chi connectivity index (χ1v) is 4.65. The standard InChI is InChI=1S/C9H20N2/c1-3-4-5-7(2)9(11)6-8(9)10/h7-8H,3-6,10-11H2,1-2H3. The summed E-state index contributed by atoms with van der Waals surface area (Å²) in [5, 5.41) is 0. The van der Waals surface area contributed by atoms with Crippen LogP contribution in [-0.4, -0.2) is 11.6 Å². The summed E-state index contributed by atoms with van der Waals surface area (Å²) in [5.74, 6) is 0.609. The molecule has 1 fully saturated rings. The molecule has 1 aliphatic rings. The van der Waals surface area contributed by atoms with E-state index in [0.29, 0.717) is 5.92 Å². The molecule has 1 rings (SSSR count). The van der Waals surface area contributed by atoms with Gasteiger partial charge in [0.1, 0.15) is 0 Å². The lowest BCUT2D eigenvalue weighted by Crippen LogP contribution is -2.37. The van der Waals surface area contributed by atoms with Gasteiger partial charge in [0.2, 0.25) is 0 Å². The molecule has 0 amide bonds. The lowest BCUT2D eigenvalue weighted by Gasteiger charge is -2.18. The van der Waals surface area contributed by atoms with Gasteiger partial charge in [0.15, 0.2) is 0 Å². The van der Waals surface area contributed by atoms with E-state index in [0.717, 1.165) is 6.42 Å². The molecule has 0 bridgehead atoms. The van der Waals surface area contributed by atoms with Crippen molar-refractivity contribution in [1.29, 1.82) is 0 Å². The molecule has 3 atom stereocenters. The maximum Gasteiger partial charge on any atom is 0.0349 e. The maximum atomic E-state index is 6.05. The molecule has 3 unspecified atom stereocenters. The van der Waals surface area contributed by atoms with Crippen LogP contribution in [0.1, 0.15) is 39.5 Å². The zero-order valence-electron chi connectivity index (χ0n) is 7.64. The molecule has 0 saturated heterocycles. The summed E-state index contributed by atoms with van der Waals surface area (Å²) in [6, 6.07) is 0.273. The van der Waals surface area contributed by atoms with Gasteiger partial charge >= 0.3 is 0 Å². The lowest BCUT2D eigenvalue weighted by atomic mass is 9.94. The Balaban J connectivity index is 2.25. The molecular weight excluding hydrogens is 136 g/mol.